The quantitative estimate of drug-likeness (QED) is 0.878. The lowest BCUT2D eigenvalue weighted by molar-refractivity contribution is 0.0951. The Hall–Kier alpha value is -2.33. The number of nitrogens with one attached hydrogen (secondary N) is 2. The van der Waals surface area contributed by atoms with Crippen molar-refractivity contribution in [2.45, 2.75) is 32.7 Å². The van der Waals surface area contributed by atoms with E-state index < -0.39 is 0 Å². The molecule has 24 heavy (non-hydrogen) atoms. The molecule has 0 aromatic heterocycles. The van der Waals surface area contributed by atoms with E-state index in [4.69, 9.17) is 11.6 Å². The van der Waals surface area contributed by atoms with Gasteiger partial charge in [0.2, 0.25) is 0 Å². The van der Waals surface area contributed by atoms with E-state index in [2.05, 4.69) is 10.6 Å². The average Bonchev–Trinajstić information content (AvgIpc) is 3.34. The van der Waals surface area contributed by atoms with Gasteiger partial charge in [-0.15, -0.1) is 0 Å². The zero-order valence-electron chi connectivity index (χ0n) is 13.7. The number of amides is 2. The summed E-state index contributed by atoms with van der Waals surface area (Å²) in [5.74, 6) is -0.429. The van der Waals surface area contributed by atoms with E-state index in [1.165, 1.54) is 0 Å². The first-order chi connectivity index (χ1) is 11.4. The largest absolute Gasteiger partial charge is 0.349 e. The fraction of sp³-hybridized carbons (Fsp3) is 0.263. The molecule has 2 aromatic carbocycles. The third-order valence-electron chi connectivity index (χ3n) is 3.97. The minimum atomic E-state index is -0.287. The second-order valence-electron chi connectivity index (χ2n) is 6.22. The molecule has 1 aliphatic carbocycles. The van der Waals surface area contributed by atoms with Crippen LogP contribution in [0.3, 0.4) is 0 Å². The predicted octanol–water partition coefficient (Wildman–Crippen LogP) is 4.10. The average molecular weight is 343 g/mol. The molecule has 0 heterocycles. The summed E-state index contributed by atoms with van der Waals surface area (Å²) in [4.78, 5) is 24.6. The molecule has 1 saturated carbocycles. The summed E-state index contributed by atoms with van der Waals surface area (Å²) >= 11 is 6.23. The van der Waals surface area contributed by atoms with Gasteiger partial charge in [0, 0.05) is 17.2 Å². The van der Waals surface area contributed by atoms with Crippen LogP contribution in [0.5, 0.6) is 0 Å². The fourth-order valence-electron chi connectivity index (χ4n) is 2.56. The lowest BCUT2D eigenvalue weighted by atomic mass is 10.1. The molecule has 0 aliphatic heterocycles. The third-order valence-corrected chi connectivity index (χ3v) is 4.27. The number of halogens is 1. The van der Waals surface area contributed by atoms with Crippen LogP contribution in [0.2, 0.25) is 5.02 Å². The summed E-state index contributed by atoms with van der Waals surface area (Å²) in [6, 6.07) is 10.7. The molecule has 4 nitrogen and oxygen atoms in total. The molecule has 1 aliphatic rings. The highest BCUT2D eigenvalue weighted by Crippen LogP contribution is 2.28. The van der Waals surface area contributed by atoms with Crippen LogP contribution in [0.15, 0.2) is 36.4 Å². The standard InChI is InChI=1S/C19H19ClN2O2/c1-11-8-12(2)17(16(20)9-11)22-19(24)14-5-3-4-13(10-14)18(23)21-15-6-7-15/h3-5,8-10,15H,6-7H2,1-2H3,(H,21,23)(H,22,24). The molecule has 0 unspecified atom stereocenters. The normalized spacial score (nSPS) is 13.5. The van der Waals surface area contributed by atoms with Gasteiger partial charge in [0.15, 0.2) is 0 Å². The second-order valence-corrected chi connectivity index (χ2v) is 6.63. The van der Waals surface area contributed by atoms with Gasteiger partial charge in [0.05, 0.1) is 10.7 Å². The number of hydrogen-bond acceptors (Lipinski definition) is 2. The number of aryl methyl sites for hydroxylation is 2. The van der Waals surface area contributed by atoms with Crippen LogP contribution in [-0.4, -0.2) is 17.9 Å². The number of carbonyl (C=O) groups is 2. The maximum atomic E-state index is 12.5. The Kier molecular flexibility index (Phi) is 4.58. The van der Waals surface area contributed by atoms with Gasteiger partial charge in [-0.05, 0) is 62.1 Å². The molecule has 3 rings (SSSR count). The summed E-state index contributed by atoms with van der Waals surface area (Å²) in [5, 5.41) is 6.26. The van der Waals surface area contributed by atoms with E-state index in [9.17, 15) is 9.59 Å². The number of carbonyl (C=O) groups excluding carboxylic acids is 2. The van der Waals surface area contributed by atoms with Gasteiger partial charge >= 0.3 is 0 Å². The Labute approximate surface area is 146 Å². The van der Waals surface area contributed by atoms with Crippen molar-refractivity contribution in [2.75, 3.05) is 5.32 Å². The summed E-state index contributed by atoms with van der Waals surface area (Å²) in [7, 11) is 0. The predicted molar refractivity (Wildman–Crippen MR) is 95.8 cm³/mol. The highest BCUT2D eigenvalue weighted by atomic mass is 35.5. The van der Waals surface area contributed by atoms with Crippen molar-refractivity contribution >= 4 is 29.1 Å². The Morgan fingerprint density at radius 1 is 1.04 bits per heavy atom. The maximum absolute atomic E-state index is 12.5. The molecule has 0 spiro atoms. The molecule has 5 heteroatoms. The molecule has 1 fully saturated rings. The van der Waals surface area contributed by atoms with Crippen LogP contribution in [0.25, 0.3) is 0 Å². The molecule has 2 aromatic rings. The number of rotatable bonds is 4. The maximum Gasteiger partial charge on any atom is 0.255 e. The highest BCUT2D eigenvalue weighted by molar-refractivity contribution is 6.34. The first-order valence-electron chi connectivity index (χ1n) is 7.93. The van der Waals surface area contributed by atoms with Crippen molar-refractivity contribution in [1.82, 2.24) is 5.32 Å². The second kappa shape index (κ2) is 6.65. The van der Waals surface area contributed by atoms with Crippen molar-refractivity contribution < 1.29 is 9.59 Å². The van der Waals surface area contributed by atoms with Gasteiger partial charge in [-0.25, -0.2) is 0 Å². The van der Waals surface area contributed by atoms with Crippen LogP contribution in [0.4, 0.5) is 5.69 Å². The lowest BCUT2D eigenvalue weighted by Gasteiger charge is -2.12. The van der Waals surface area contributed by atoms with Crippen molar-refractivity contribution in [1.29, 1.82) is 0 Å². The molecule has 0 bridgehead atoms. The van der Waals surface area contributed by atoms with Gasteiger partial charge < -0.3 is 10.6 Å². The van der Waals surface area contributed by atoms with Crippen molar-refractivity contribution in [2.24, 2.45) is 0 Å². The Bertz CT molecular complexity index is 790. The number of anilines is 1. The summed E-state index contributed by atoms with van der Waals surface area (Å²) in [5.41, 5.74) is 3.45. The molecule has 2 amide bonds. The minimum absolute atomic E-state index is 0.142. The van der Waals surface area contributed by atoms with E-state index in [0.717, 1.165) is 24.0 Å². The molecule has 0 atom stereocenters. The van der Waals surface area contributed by atoms with Gasteiger partial charge in [-0.1, -0.05) is 23.7 Å². The smallest absolute Gasteiger partial charge is 0.255 e. The van der Waals surface area contributed by atoms with Gasteiger partial charge in [0.25, 0.3) is 11.8 Å². The zero-order chi connectivity index (χ0) is 17.3. The zero-order valence-corrected chi connectivity index (χ0v) is 14.4. The van der Waals surface area contributed by atoms with Crippen LogP contribution >= 0.6 is 11.6 Å². The monoisotopic (exact) mass is 342 g/mol. The number of benzene rings is 2. The SMILES string of the molecule is Cc1cc(C)c(NC(=O)c2cccc(C(=O)NC3CC3)c2)c(Cl)c1. The van der Waals surface area contributed by atoms with Crippen LogP contribution in [-0.2, 0) is 0 Å². The van der Waals surface area contributed by atoms with Gasteiger partial charge in [-0.3, -0.25) is 9.59 Å². The van der Waals surface area contributed by atoms with Crippen molar-refractivity contribution in [3.63, 3.8) is 0 Å². The Morgan fingerprint density at radius 2 is 1.71 bits per heavy atom. The number of hydrogen-bond donors (Lipinski definition) is 2. The molecular formula is C19H19ClN2O2. The van der Waals surface area contributed by atoms with Crippen molar-refractivity contribution in [3.8, 4) is 0 Å². The molecule has 2 N–H and O–H groups in total. The molecule has 0 radical (unpaired) electrons. The minimum Gasteiger partial charge on any atom is -0.349 e. The molecule has 124 valence electrons. The van der Waals surface area contributed by atoms with Gasteiger partial charge in [-0.2, -0.15) is 0 Å². The van der Waals surface area contributed by atoms with Gasteiger partial charge in [0.1, 0.15) is 0 Å². The molecule has 0 saturated heterocycles. The van der Waals surface area contributed by atoms with Crippen LogP contribution < -0.4 is 10.6 Å². The third kappa shape index (κ3) is 3.77. The van der Waals surface area contributed by atoms with E-state index in [1.807, 2.05) is 26.0 Å². The van der Waals surface area contributed by atoms with Crippen molar-refractivity contribution in [3.05, 3.63) is 63.7 Å². The lowest BCUT2D eigenvalue weighted by Crippen LogP contribution is -2.25. The first kappa shape index (κ1) is 16.5. The van der Waals surface area contributed by atoms with E-state index >= 15 is 0 Å². The summed E-state index contributed by atoms with van der Waals surface area (Å²) in [6.45, 7) is 3.85. The topological polar surface area (TPSA) is 58.2 Å². The molecular weight excluding hydrogens is 324 g/mol. The van der Waals surface area contributed by atoms with Crippen LogP contribution in [0, 0.1) is 13.8 Å². The van der Waals surface area contributed by atoms with E-state index in [-0.39, 0.29) is 17.9 Å². The first-order valence-corrected chi connectivity index (χ1v) is 8.31. The fourth-order valence-corrected chi connectivity index (χ4v) is 2.93. The van der Waals surface area contributed by atoms with E-state index in [1.54, 1.807) is 24.3 Å². The summed E-state index contributed by atoms with van der Waals surface area (Å²) in [6.07, 6.45) is 2.05. The highest BCUT2D eigenvalue weighted by Gasteiger charge is 2.24. The Balaban J connectivity index is 1.79. The Morgan fingerprint density at radius 3 is 2.33 bits per heavy atom. The van der Waals surface area contributed by atoms with E-state index in [0.29, 0.717) is 21.8 Å². The summed E-state index contributed by atoms with van der Waals surface area (Å²) < 4.78 is 0. The van der Waals surface area contributed by atoms with Crippen LogP contribution in [0.1, 0.15) is 44.7 Å².